The van der Waals surface area contributed by atoms with Gasteiger partial charge in [0, 0.05) is 31.4 Å². The maximum atomic E-state index is 13.4. The van der Waals surface area contributed by atoms with Crippen LogP contribution < -0.4 is 11.4 Å². The zero-order chi connectivity index (χ0) is 57.2. The molecule has 0 aromatic carbocycles. The molecule has 1 aromatic heterocycles. The van der Waals surface area contributed by atoms with Gasteiger partial charge < -0.3 is 60.0 Å². The Balaban J connectivity index is 1.79. The molecule has 3 heterocycles. The van der Waals surface area contributed by atoms with E-state index in [0.717, 1.165) is 49.3 Å². The summed E-state index contributed by atoms with van der Waals surface area (Å²) >= 11 is 0. The van der Waals surface area contributed by atoms with Crippen molar-refractivity contribution in [3.63, 3.8) is 0 Å². The van der Waals surface area contributed by atoms with Gasteiger partial charge in [0.1, 0.15) is 43.1 Å². The van der Waals surface area contributed by atoms with Gasteiger partial charge in [0.25, 0.3) is 0 Å². The van der Waals surface area contributed by atoms with Gasteiger partial charge in [-0.25, -0.2) is 13.9 Å². The van der Waals surface area contributed by atoms with Crippen molar-refractivity contribution in [1.82, 2.24) is 9.55 Å². The highest BCUT2D eigenvalue weighted by Gasteiger charge is 2.44. The second-order valence-electron chi connectivity index (χ2n) is 18.9. The molecule has 24 heteroatoms. The third-order valence-electron chi connectivity index (χ3n) is 12.2. The molecule has 22 nitrogen and oxygen atoms in total. The highest BCUT2D eigenvalue weighted by atomic mass is 31.3. The molecule has 440 valence electrons. The summed E-state index contributed by atoms with van der Waals surface area (Å²) in [6.07, 6.45) is 22.2. The molecule has 0 radical (unpaired) electrons. The molecule has 0 spiro atoms. The molecule has 1 saturated heterocycles. The number of phosphoric ester groups is 2. The summed E-state index contributed by atoms with van der Waals surface area (Å²) in [7, 11) is -11.4. The second kappa shape index (κ2) is 38.4. The summed E-state index contributed by atoms with van der Waals surface area (Å²) in [5, 5.41) is 56.9. The van der Waals surface area contributed by atoms with Crippen LogP contribution in [0.5, 0.6) is 0 Å². The van der Waals surface area contributed by atoms with Crippen LogP contribution in [0.25, 0.3) is 0 Å². The third kappa shape index (κ3) is 28.8. The molecule has 9 N–H and O–H groups in total. The third-order valence-corrected chi connectivity index (χ3v) is 14.9. The number of anilines is 1. The number of unbranched alkanes of at least 4 members (excludes halogenated alkanes) is 5. The predicted molar refractivity (Wildman–Crippen MR) is 292 cm³/mol. The van der Waals surface area contributed by atoms with Crippen LogP contribution >= 0.6 is 15.6 Å². The summed E-state index contributed by atoms with van der Waals surface area (Å²) in [4.78, 5) is 64.4. The van der Waals surface area contributed by atoms with Gasteiger partial charge in [-0.1, -0.05) is 131 Å². The van der Waals surface area contributed by atoms with Crippen molar-refractivity contribution in [3.8, 4) is 0 Å². The van der Waals surface area contributed by atoms with Gasteiger partial charge >= 0.3 is 33.3 Å². The molecular weight excluding hydrogens is 1060 g/mol. The Kier molecular flexibility index (Phi) is 33.5. The van der Waals surface area contributed by atoms with E-state index in [0.29, 0.717) is 19.3 Å². The Morgan fingerprint density at radius 2 is 1.44 bits per heavy atom. The van der Waals surface area contributed by atoms with E-state index in [1.54, 1.807) is 18.2 Å². The van der Waals surface area contributed by atoms with Gasteiger partial charge in [-0.15, -0.1) is 0 Å². The van der Waals surface area contributed by atoms with E-state index in [4.69, 9.17) is 33.7 Å². The van der Waals surface area contributed by atoms with Crippen LogP contribution in [-0.2, 0) is 51.0 Å². The van der Waals surface area contributed by atoms with Crippen molar-refractivity contribution >= 4 is 33.4 Å². The van der Waals surface area contributed by atoms with E-state index in [2.05, 4.69) is 52.7 Å². The maximum Gasteiger partial charge on any atom is 0.481 e. The topological polar surface area (TPSA) is 335 Å². The first-order valence-electron chi connectivity index (χ1n) is 27.0. The number of rotatable bonds is 23. The summed E-state index contributed by atoms with van der Waals surface area (Å²) in [5.74, 6) is -2.98. The van der Waals surface area contributed by atoms with Crippen LogP contribution in [0.15, 0.2) is 102 Å². The molecule has 0 aliphatic carbocycles. The van der Waals surface area contributed by atoms with Crippen LogP contribution in [-0.4, -0.2) is 126 Å². The van der Waals surface area contributed by atoms with Gasteiger partial charge in [-0.2, -0.15) is 9.29 Å². The first-order chi connectivity index (χ1) is 37.3. The van der Waals surface area contributed by atoms with Gasteiger partial charge in [0.2, 0.25) is 0 Å². The highest BCUT2D eigenvalue weighted by molar-refractivity contribution is 7.61. The number of esters is 2. The van der Waals surface area contributed by atoms with Crippen molar-refractivity contribution in [2.45, 2.75) is 191 Å². The van der Waals surface area contributed by atoms with Crippen LogP contribution in [0.1, 0.15) is 142 Å². The normalized spacial score (nSPS) is 29.6. The molecule has 2 bridgehead atoms. The van der Waals surface area contributed by atoms with E-state index in [1.807, 2.05) is 25.2 Å². The molecular formula is C54H85N3O19P2. The number of carbonyl (C=O) groups excluding carboxylic acids is 2. The Morgan fingerprint density at radius 1 is 0.821 bits per heavy atom. The van der Waals surface area contributed by atoms with Crippen LogP contribution in [0, 0.1) is 5.92 Å². The molecule has 3 unspecified atom stereocenters. The van der Waals surface area contributed by atoms with Crippen LogP contribution in [0.3, 0.4) is 0 Å². The second-order valence-corrected chi connectivity index (χ2v) is 21.9. The van der Waals surface area contributed by atoms with E-state index in [9.17, 15) is 58.8 Å². The summed E-state index contributed by atoms with van der Waals surface area (Å²) in [6.45, 7) is 1.32. The number of nitrogens with two attached hydrogens (primary N) is 1. The van der Waals surface area contributed by atoms with Gasteiger partial charge in [0.15, 0.2) is 12.4 Å². The largest absolute Gasteiger partial charge is 0.481 e. The molecule has 0 amide bonds. The standard InChI is InChI=1S/C54H85N3O19P2/c1-3-5-7-8-9-10-11-12-13-14-15-16-17-18-19-20-21-22-28-32-49(61)73-42-38-70-48(60)31-27-24-23-26-30-43-44(59)37-50(62)74-45(34-33-41(58)29-25-6-4-2)51(63)52(64)46(40-72-78(68,69)76-77(66,67)71-39-42)75-53(43)57-36-35-47(55)56-54(57)65/h9-10,12-13,15-16,18-19,21-23,26,33-36,41-46,50-53,58-59,62-64H,3-8,11,14,17,20,24-25,27-32,37-40H2,1-2H3,(H,66,67)(H,68,69)(H2,55,56,65)/b10-9-,13-12-,16-15-,19-18-,22-21-,26-23?,34-33+/t41-,42+,43-,44-,45+,46+,50?,51-,52+,53+/m0/s1. The quantitative estimate of drug-likeness (QED) is 0.0227. The number of nitrogen functional groups attached to an aromatic ring is 1. The number of fused-ring (bicyclic) bond motifs is 3. The Hall–Kier alpha value is -4.22. The van der Waals surface area contributed by atoms with E-state index >= 15 is 0 Å². The molecule has 0 saturated carbocycles. The molecule has 1 fully saturated rings. The monoisotopic (exact) mass is 1140 g/mol. The number of allylic oxidation sites excluding steroid dienone is 12. The van der Waals surface area contributed by atoms with Crippen molar-refractivity contribution in [1.29, 1.82) is 0 Å². The summed E-state index contributed by atoms with van der Waals surface area (Å²) < 4.78 is 64.7. The fourth-order valence-corrected chi connectivity index (χ4v) is 10.1. The minimum Gasteiger partial charge on any atom is -0.462 e. The lowest BCUT2D eigenvalue weighted by Gasteiger charge is -2.36. The lowest BCUT2D eigenvalue weighted by Crippen LogP contribution is -2.49. The van der Waals surface area contributed by atoms with Gasteiger partial charge in [-0.3, -0.25) is 23.2 Å². The predicted octanol–water partition coefficient (Wildman–Crippen LogP) is 7.55. The minimum atomic E-state index is -5.76. The molecule has 2 aliphatic heterocycles. The fourth-order valence-electron chi connectivity index (χ4n) is 7.97. The lowest BCUT2D eigenvalue weighted by molar-refractivity contribution is -0.192. The van der Waals surface area contributed by atoms with E-state index in [-0.39, 0.29) is 44.3 Å². The molecule has 1 aromatic rings. The summed E-state index contributed by atoms with van der Waals surface area (Å²) in [6, 6.07) is 1.22. The SMILES string of the molecule is CCCCC/C=C\C/C=C\C/C=C\C/C=C\C/C=C\CCC(=O)O[C@@H]1COC(=O)CCCC=CC[C@@H]2[C@H](n3ccc(N)nc3=O)O[C@H](COP(=O)(O)OP(=O)(O)OC1)[C@@H](O)[C@@H](O)[C@@H](/C=C/[C@@H](O)CCCCC)OC(O)C[C@@H]2O. The van der Waals surface area contributed by atoms with Crippen LogP contribution in [0.2, 0.25) is 0 Å². The number of carbonyl (C=O) groups is 2. The van der Waals surface area contributed by atoms with Crippen LogP contribution in [0.4, 0.5) is 5.82 Å². The number of aliphatic hydroxyl groups is 5. The number of ether oxygens (including phenoxy) is 4. The Labute approximate surface area is 458 Å². The van der Waals surface area contributed by atoms with Crippen molar-refractivity contribution in [2.24, 2.45) is 5.92 Å². The first-order valence-corrected chi connectivity index (χ1v) is 30.0. The molecule has 3 rings (SSSR count). The first kappa shape index (κ1) is 68.1. The van der Waals surface area contributed by atoms with Crippen molar-refractivity contribution < 1.29 is 86.3 Å². The average Bonchev–Trinajstić information content (AvgIpc) is 3.40. The average molecular weight is 1140 g/mol. The summed E-state index contributed by atoms with van der Waals surface area (Å²) in [5.41, 5.74) is 4.75. The van der Waals surface area contributed by atoms with Gasteiger partial charge in [-0.05, 0) is 76.7 Å². The van der Waals surface area contributed by atoms with Gasteiger partial charge in [0.05, 0.1) is 25.4 Å². The number of hydrogen-bond donors (Lipinski definition) is 8. The molecule has 12 atom stereocenters. The Bertz CT molecular complexity index is 2270. The molecule has 78 heavy (non-hydrogen) atoms. The van der Waals surface area contributed by atoms with Crippen molar-refractivity contribution in [3.05, 3.63) is 108 Å². The number of aromatic nitrogens is 2. The zero-order valence-electron chi connectivity index (χ0n) is 45.0. The number of hydrogen-bond acceptors (Lipinski definition) is 19. The fraction of sp³-hybridized carbons (Fsp3) is 0.630. The number of nitrogens with zero attached hydrogens (tertiary/aromatic N) is 2. The number of phosphoric acid groups is 2. The molecule has 2 aliphatic rings. The number of aliphatic hydroxyl groups excluding tert-OH is 5. The maximum absolute atomic E-state index is 13.4. The highest BCUT2D eigenvalue weighted by Crippen LogP contribution is 2.60. The lowest BCUT2D eigenvalue weighted by atomic mass is 9.92. The zero-order valence-corrected chi connectivity index (χ0v) is 46.8. The minimum absolute atomic E-state index is 0.133. The van der Waals surface area contributed by atoms with E-state index in [1.165, 1.54) is 37.5 Å². The van der Waals surface area contributed by atoms with Crippen molar-refractivity contribution in [2.75, 3.05) is 25.6 Å². The smallest absolute Gasteiger partial charge is 0.462 e. The van der Waals surface area contributed by atoms with E-state index < -0.39 is 121 Å². The number of cyclic esters (lactones) is 1. The Morgan fingerprint density at radius 3 is 2.08 bits per heavy atom.